The summed E-state index contributed by atoms with van der Waals surface area (Å²) in [6.45, 7) is 4.90. The van der Waals surface area contributed by atoms with E-state index in [2.05, 4.69) is 40.6 Å². The van der Waals surface area contributed by atoms with Crippen molar-refractivity contribution in [3.8, 4) is 0 Å². The number of nitrogens with zero attached hydrogens (tertiary/aromatic N) is 1. The Hall–Kier alpha value is -1.29. The Bertz CT molecular complexity index is 320. The number of aryl methyl sites for hydroxylation is 1. The van der Waals surface area contributed by atoms with Crippen LogP contribution in [-0.4, -0.2) is 24.1 Å². The molecule has 0 aromatic carbocycles. The van der Waals surface area contributed by atoms with Crippen molar-refractivity contribution in [2.75, 3.05) is 13.6 Å². The molecule has 0 radical (unpaired) electrons. The highest BCUT2D eigenvalue weighted by Crippen LogP contribution is 2.03. The lowest BCUT2D eigenvalue weighted by Gasteiger charge is -2.02. The minimum atomic E-state index is 0.111. The summed E-state index contributed by atoms with van der Waals surface area (Å²) in [5.41, 5.74) is 1.29. The zero-order chi connectivity index (χ0) is 11.8. The summed E-state index contributed by atoms with van der Waals surface area (Å²) in [4.78, 5) is 11.0. The Kier molecular flexibility index (Phi) is 5.64. The van der Waals surface area contributed by atoms with E-state index < -0.39 is 0 Å². The number of nitrogens with one attached hydrogen (secondary N) is 2. The second kappa shape index (κ2) is 7.06. The van der Waals surface area contributed by atoms with Crippen LogP contribution < -0.4 is 10.6 Å². The van der Waals surface area contributed by atoms with E-state index in [0.29, 0.717) is 6.42 Å². The number of aromatic nitrogens is 1. The molecule has 4 nitrogen and oxygen atoms in total. The number of hydrogen-bond donors (Lipinski definition) is 2. The van der Waals surface area contributed by atoms with Crippen LogP contribution in [0.3, 0.4) is 0 Å². The largest absolute Gasteiger partial charge is 0.359 e. The first-order chi connectivity index (χ1) is 7.76. The number of hydrogen-bond acceptors (Lipinski definition) is 2. The van der Waals surface area contributed by atoms with E-state index in [0.717, 1.165) is 26.1 Å². The second-order valence-electron chi connectivity index (χ2n) is 3.81. The van der Waals surface area contributed by atoms with Crippen molar-refractivity contribution in [1.82, 2.24) is 15.2 Å². The molecule has 0 aliphatic carbocycles. The van der Waals surface area contributed by atoms with Crippen molar-refractivity contribution in [1.29, 1.82) is 0 Å². The fourth-order valence-electron chi connectivity index (χ4n) is 1.55. The normalized spacial score (nSPS) is 10.4. The number of carbonyl (C=O) groups is 1. The topological polar surface area (TPSA) is 46.1 Å². The van der Waals surface area contributed by atoms with E-state index >= 15 is 0 Å². The van der Waals surface area contributed by atoms with E-state index in [9.17, 15) is 4.79 Å². The van der Waals surface area contributed by atoms with Gasteiger partial charge in [0.05, 0.1) is 0 Å². The molecule has 16 heavy (non-hydrogen) atoms. The lowest BCUT2D eigenvalue weighted by molar-refractivity contribution is -0.120. The smallest absolute Gasteiger partial charge is 0.219 e. The van der Waals surface area contributed by atoms with Crippen molar-refractivity contribution in [3.05, 3.63) is 24.0 Å². The van der Waals surface area contributed by atoms with Gasteiger partial charge in [-0.05, 0) is 24.6 Å². The van der Waals surface area contributed by atoms with Gasteiger partial charge in [0.2, 0.25) is 5.91 Å². The molecule has 1 amide bonds. The highest BCUT2D eigenvalue weighted by Gasteiger charge is 1.99. The average molecular weight is 223 g/mol. The molecule has 1 aromatic heterocycles. The Balaban J connectivity index is 2.26. The van der Waals surface area contributed by atoms with Crippen LogP contribution in [0.2, 0.25) is 0 Å². The fourth-order valence-corrected chi connectivity index (χ4v) is 1.55. The molecular formula is C12H21N3O. The molecule has 4 heteroatoms. The third-order valence-corrected chi connectivity index (χ3v) is 2.49. The zero-order valence-electron chi connectivity index (χ0n) is 10.1. The standard InChI is InChI=1S/C12H21N3O/c1-3-14-9-11-6-8-15(10-11)7-4-5-12(16)13-2/h6,8,10,14H,3-5,7,9H2,1-2H3,(H,13,16). The molecule has 90 valence electrons. The Morgan fingerprint density at radius 1 is 1.50 bits per heavy atom. The molecule has 0 saturated carbocycles. The molecule has 1 aromatic rings. The van der Waals surface area contributed by atoms with Crippen LogP contribution in [0.4, 0.5) is 0 Å². The Morgan fingerprint density at radius 2 is 2.31 bits per heavy atom. The van der Waals surface area contributed by atoms with Gasteiger partial charge in [0.25, 0.3) is 0 Å². The summed E-state index contributed by atoms with van der Waals surface area (Å²) in [6.07, 6.45) is 5.68. The van der Waals surface area contributed by atoms with Gasteiger partial charge in [-0.15, -0.1) is 0 Å². The summed E-state index contributed by atoms with van der Waals surface area (Å²) in [7, 11) is 1.67. The molecule has 0 atom stereocenters. The summed E-state index contributed by atoms with van der Waals surface area (Å²) in [6, 6.07) is 2.11. The molecule has 0 fully saturated rings. The first-order valence-electron chi connectivity index (χ1n) is 5.82. The first-order valence-corrected chi connectivity index (χ1v) is 5.82. The molecule has 1 heterocycles. The minimum Gasteiger partial charge on any atom is -0.359 e. The van der Waals surface area contributed by atoms with Crippen LogP contribution in [0.5, 0.6) is 0 Å². The maximum atomic E-state index is 11.0. The average Bonchev–Trinajstić information content (AvgIpc) is 2.74. The molecule has 0 bridgehead atoms. The van der Waals surface area contributed by atoms with Gasteiger partial charge in [-0.1, -0.05) is 6.92 Å². The number of carbonyl (C=O) groups excluding carboxylic acids is 1. The fraction of sp³-hybridized carbons (Fsp3) is 0.583. The predicted molar refractivity (Wildman–Crippen MR) is 65.1 cm³/mol. The van der Waals surface area contributed by atoms with Gasteiger partial charge >= 0.3 is 0 Å². The van der Waals surface area contributed by atoms with Gasteiger partial charge < -0.3 is 15.2 Å². The molecular weight excluding hydrogens is 202 g/mol. The van der Waals surface area contributed by atoms with Gasteiger partial charge in [0.15, 0.2) is 0 Å². The van der Waals surface area contributed by atoms with E-state index in [1.165, 1.54) is 5.56 Å². The van der Waals surface area contributed by atoms with Gasteiger partial charge in [-0.3, -0.25) is 4.79 Å². The molecule has 0 spiro atoms. The van der Waals surface area contributed by atoms with E-state index in [1.807, 2.05) is 0 Å². The van der Waals surface area contributed by atoms with Crippen molar-refractivity contribution >= 4 is 5.91 Å². The molecule has 0 unspecified atom stereocenters. The van der Waals surface area contributed by atoms with Crippen LogP contribution in [-0.2, 0) is 17.9 Å². The third-order valence-electron chi connectivity index (χ3n) is 2.49. The minimum absolute atomic E-state index is 0.111. The maximum Gasteiger partial charge on any atom is 0.219 e. The van der Waals surface area contributed by atoms with Crippen molar-refractivity contribution in [3.63, 3.8) is 0 Å². The van der Waals surface area contributed by atoms with Gasteiger partial charge in [0, 0.05) is 39.0 Å². The van der Waals surface area contributed by atoms with Crippen LogP contribution in [0.1, 0.15) is 25.3 Å². The van der Waals surface area contributed by atoms with E-state index in [-0.39, 0.29) is 5.91 Å². The van der Waals surface area contributed by atoms with Crippen molar-refractivity contribution in [2.45, 2.75) is 32.9 Å². The summed E-state index contributed by atoms with van der Waals surface area (Å²) in [5, 5.41) is 5.91. The Morgan fingerprint density at radius 3 is 3.00 bits per heavy atom. The van der Waals surface area contributed by atoms with Crippen LogP contribution in [0.15, 0.2) is 18.5 Å². The van der Waals surface area contributed by atoms with Crippen LogP contribution in [0.25, 0.3) is 0 Å². The van der Waals surface area contributed by atoms with Crippen molar-refractivity contribution in [2.24, 2.45) is 0 Å². The summed E-state index contributed by atoms with van der Waals surface area (Å²) in [5.74, 6) is 0.111. The third kappa shape index (κ3) is 4.49. The molecule has 0 saturated heterocycles. The lowest BCUT2D eigenvalue weighted by atomic mass is 10.3. The predicted octanol–water partition coefficient (Wildman–Crippen LogP) is 1.12. The monoisotopic (exact) mass is 223 g/mol. The Labute approximate surface area is 97.0 Å². The quantitative estimate of drug-likeness (QED) is 0.727. The van der Waals surface area contributed by atoms with Gasteiger partial charge in [-0.25, -0.2) is 0 Å². The van der Waals surface area contributed by atoms with Gasteiger partial charge in [-0.2, -0.15) is 0 Å². The highest BCUT2D eigenvalue weighted by atomic mass is 16.1. The molecule has 0 aliphatic heterocycles. The first kappa shape index (κ1) is 12.8. The number of amides is 1. The lowest BCUT2D eigenvalue weighted by Crippen LogP contribution is -2.17. The summed E-state index contributed by atoms with van der Waals surface area (Å²) < 4.78 is 2.13. The van der Waals surface area contributed by atoms with Gasteiger partial charge in [0.1, 0.15) is 0 Å². The second-order valence-corrected chi connectivity index (χ2v) is 3.81. The van der Waals surface area contributed by atoms with E-state index in [4.69, 9.17) is 0 Å². The molecule has 2 N–H and O–H groups in total. The summed E-state index contributed by atoms with van der Waals surface area (Å²) >= 11 is 0. The van der Waals surface area contributed by atoms with E-state index in [1.54, 1.807) is 7.05 Å². The van der Waals surface area contributed by atoms with Crippen LogP contribution >= 0.6 is 0 Å². The van der Waals surface area contributed by atoms with Crippen molar-refractivity contribution < 1.29 is 4.79 Å². The van der Waals surface area contributed by atoms with Crippen LogP contribution in [0, 0.1) is 0 Å². The highest BCUT2D eigenvalue weighted by molar-refractivity contribution is 5.75. The SMILES string of the molecule is CCNCc1ccn(CCCC(=O)NC)c1. The molecule has 1 rings (SSSR count). The zero-order valence-corrected chi connectivity index (χ0v) is 10.1. The maximum absolute atomic E-state index is 11.0. The number of rotatable bonds is 7. The molecule has 0 aliphatic rings.